The third-order valence-electron chi connectivity index (χ3n) is 5.83. The second-order valence-corrected chi connectivity index (χ2v) is 11.7. The van der Waals surface area contributed by atoms with Crippen molar-refractivity contribution in [3.05, 3.63) is 102 Å². The Morgan fingerprint density at radius 1 is 0.690 bits per heavy atom. The molecular formula is C26H28O2P+. The number of carbonyl (C=O) groups excluding carboxylic acids is 2. The van der Waals surface area contributed by atoms with Crippen LogP contribution in [0.3, 0.4) is 0 Å². The molecule has 1 unspecified atom stereocenters. The van der Waals surface area contributed by atoms with Crippen molar-refractivity contribution in [3.8, 4) is 0 Å². The first-order valence-corrected chi connectivity index (χ1v) is 12.4. The molecule has 0 heterocycles. The van der Waals surface area contributed by atoms with Gasteiger partial charge in [0.2, 0.25) is 5.78 Å². The molecule has 0 saturated carbocycles. The Hall–Kier alpha value is -2.57. The summed E-state index contributed by atoms with van der Waals surface area (Å²) < 4.78 is 0. The standard InChI is InChI=1S/C26H28O2P/c1-3-29(4-2,23-18-12-7-13-19-23)25(26(28)22-16-10-6-11-17-22)20-24(27)21-14-8-5-9-15-21/h5-19,25H,3-4,20H2,1-2H3/q+1. The summed E-state index contributed by atoms with van der Waals surface area (Å²) in [5.74, 6) is 0.137. The minimum Gasteiger partial charge on any atom is -0.294 e. The van der Waals surface area contributed by atoms with Crippen LogP contribution in [-0.4, -0.2) is 29.5 Å². The Labute approximate surface area is 174 Å². The van der Waals surface area contributed by atoms with Crippen LogP contribution in [0.2, 0.25) is 0 Å². The van der Waals surface area contributed by atoms with Crippen molar-refractivity contribution in [2.24, 2.45) is 0 Å². The van der Waals surface area contributed by atoms with Crippen molar-refractivity contribution in [1.82, 2.24) is 0 Å². The van der Waals surface area contributed by atoms with E-state index in [0.29, 0.717) is 11.1 Å². The van der Waals surface area contributed by atoms with Crippen molar-refractivity contribution < 1.29 is 9.59 Å². The number of ketones is 2. The number of hydrogen-bond acceptors (Lipinski definition) is 2. The highest BCUT2D eigenvalue weighted by Gasteiger charge is 2.49. The van der Waals surface area contributed by atoms with E-state index in [2.05, 4.69) is 26.0 Å². The fraction of sp³-hybridized carbons (Fsp3) is 0.231. The molecule has 1 atom stereocenters. The van der Waals surface area contributed by atoms with E-state index in [1.807, 2.05) is 78.9 Å². The van der Waals surface area contributed by atoms with Crippen molar-refractivity contribution in [1.29, 1.82) is 0 Å². The molecule has 0 aliphatic heterocycles. The fourth-order valence-corrected chi connectivity index (χ4v) is 8.44. The van der Waals surface area contributed by atoms with Gasteiger partial charge in [0.1, 0.15) is 5.66 Å². The highest BCUT2D eigenvalue weighted by molar-refractivity contribution is 7.84. The van der Waals surface area contributed by atoms with Crippen LogP contribution in [-0.2, 0) is 0 Å². The Morgan fingerprint density at radius 2 is 1.14 bits per heavy atom. The van der Waals surface area contributed by atoms with Gasteiger partial charge in [0.05, 0.1) is 31.3 Å². The molecule has 0 N–H and O–H groups in total. The van der Waals surface area contributed by atoms with E-state index in [0.717, 1.165) is 12.3 Å². The first-order valence-electron chi connectivity index (χ1n) is 10.2. The first kappa shape index (κ1) is 21.1. The van der Waals surface area contributed by atoms with Crippen LogP contribution in [0.5, 0.6) is 0 Å². The van der Waals surface area contributed by atoms with Crippen molar-refractivity contribution in [3.63, 3.8) is 0 Å². The third-order valence-corrected chi connectivity index (χ3v) is 11.0. The molecule has 3 aromatic carbocycles. The van der Waals surface area contributed by atoms with Gasteiger partial charge in [0.15, 0.2) is 5.78 Å². The largest absolute Gasteiger partial charge is 0.294 e. The van der Waals surface area contributed by atoms with Crippen molar-refractivity contribution >= 4 is 24.1 Å². The lowest BCUT2D eigenvalue weighted by molar-refractivity contribution is 0.0921. The lowest BCUT2D eigenvalue weighted by atomic mass is 10.0. The number of hydrogen-bond donors (Lipinski definition) is 0. The van der Waals surface area contributed by atoms with Crippen molar-refractivity contribution in [2.45, 2.75) is 25.9 Å². The third kappa shape index (κ3) is 4.54. The zero-order chi connectivity index (χ0) is 20.7. The average molecular weight is 403 g/mol. The molecule has 0 radical (unpaired) electrons. The van der Waals surface area contributed by atoms with Crippen LogP contribution in [0, 0.1) is 0 Å². The number of benzene rings is 3. The molecule has 0 bridgehead atoms. The smallest absolute Gasteiger partial charge is 0.203 e. The maximum atomic E-state index is 13.7. The second-order valence-electron chi connectivity index (χ2n) is 7.24. The van der Waals surface area contributed by atoms with Crippen LogP contribution >= 0.6 is 7.26 Å². The summed E-state index contributed by atoms with van der Waals surface area (Å²) in [5, 5.41) is 1.24. The summed E-state index contributed by atoms with van der Waals surface area (Å²) in [7, 11) is -1.89. The van der Waals surface area contributed by atoms with Gasteiger partial charge >= 0.3 is 0 Å². The van der Waals surface area contributed by atoms with E-state index in [-0.39, 0.29) is 23.6 Å². The summed E-state index contributed by atoms with van der Waals surface area (Å²) in [6.45, 7) is 4.34. The van der Waals surface area contributed by atoms with Crippen molar-refractivity contribution in [2.75, 3.05) is 12.3 Å². The van der Waals surface area contributed by atoms with Gasteiger partial charge in [-0.1, -0.05) is 78.9 Å². The average Bonchev–Trinajstić information content (AvgIpc) is 2.80. The SMILES string of the molecule is CC[P+](CC)(c1ccccc1)C(CC(=O)c1ccccc1)C(=O)c1ccccc1. The topological polar surface area (TPSA) is 34.1 Å². The molecule has 0 amide bonds. The molecule has 0 aromatic heterocycles. The summed E-state index contributed by atoms with van der Waals surface area (Å²) in [4.78, 5) is 26.9. The zero-order valence-corrected chi connectivity index (χ0v) is 18.0. The minimum absolute atomic E-state index is 0.0436. The van der Waals surface area contributed by atoms with E-state index in [1.165, 1.54) is 5.30 Å². The summed E-state index contributed by atoms with van der Waals surface area (Å²) >= 11 is 0. The molecule has 148 valence electrons. The maximum absolute atomic E-state index is 13.7. The molecule has 0 aliphatic carbocycles. The molecule has 0 aliphatic rings. The summed E-state index contributed by atoms with van der Waals surface area (Å²) in [6.07, 6.45) is 2.06. The van der Waals surface area contributed by atoms with Crippen LogP contribution in [0.25, 0.3) is 0 Å². The van der Waals surface area contributed by atoms with Crippen LogP contribution < -0.4 is 5.30 Å². The van der Waals surface area contributed by atoms with E-state index >= 15 is 0 Å². The number of Topliss-reactive ketones (excluding diaryl/α,β-unsaturated/α-hetero) is 2. The molecule has 3 heteroatoms. The number of carbonyl (C=O) groups is 2. The van der Waals surface area contributed by atoms with Crippen LogP contribution in [0.1, 0.15) is 41.0 Å². The second kappa shape index (κ2) is 9.76. The molecule has 3 aromatic rings. The van der Waals surface area contributed by atoms with Crippen LogP contribution in [0.4, 0.5) is 0 Å². The maximum Gasteiger partial charge on any atom is 0.203 e. The van der Waals surface area contributed by atoms with Gasteiger partial charge in [-0.2, -0.15) is 0 Å². The predicted octanol–water partition coefficient (Wildman–Crippen LogP) is 5.89. The van der Waals surface area contributed by atoms with Gasteiger partial charge in [-0.25, -0.2) is 0 Å². The molecule has 2 nitrogen and oxygen atoms in total. The van der Waals surface area contributed by atoms with Crippen LogP contribution in [0.15, 0.2) is 91.0 Å². The normalized spacial score (nSPS) is 12.3. The first-order chi connectivity index (χ1) is 14.1. The Bertz CT molecular complexity index is 932. The van der Waals surface area contributed by atoms with Gasteiger partial charge in [-0.15, -0.1) is 0 Å². The Morgan fingerprint density at radius 3 is 1.62 bits per heavy atom. The fourth-order valence-electron chi connectivity index (χ4n) is 4.14. The molecule has 0 saturated heterocycles. The summed E-state index contributed by atoms with van der Waals surface area (Å²) in [5.41, 5.74) is 1.06. The van der Waals surface area contributed by atoms with E-state index in [1.54, 1.807) is 0 Å². The minimum atomic E-state index is -1.89. The molecule has 0 fully saturated rings. The van der Waals surface area contributed by atoms with E-state index in [4.69, 9.17) is 0 Å². The molecule has 29 heavy (non-hydrogen) atoms. The lowest BCUT2D eigenvalue weighted by Gasteiger charge is -2.32. The molecular weight excluding hydrogens is 375 g/mol. The van der Waals surface area contributed by atoms with Gasteiger partial charge in [-0.05, 0) is 26.0 Å². The Balaban J connectivity index is 2.08. The highest BCUT2D eigenvalue weighted by Crippen LogP contribution is 2.63. The quantitative estimate of drug-likeness (QED) is 0.330. The van der Waals surface area contributed by atoms with Gasteiger partial charge in [0, 0.05) is 11.1 Å². The number of rotatable bonds is 9. The monoisotopic (exact) mass is 403 g/mol. The van der Waals surface area contributed by atoms with Gasteiger partial charge in [0.25, 0.3) is 0 Å². The zero-order valence-electron chi connectivity index (χ0n) is 17.1. The van der Waals surface area contributed by atoms with Gasteiger partial charge < -0.3 is 0 Å². The van der Waals surface area contributed by atoms with Gasteiger partial charge in [-0.3, -0.25) is 9.59 Å². The highest BCUT2D eigenvalue weighted by atomic mass is 31.2. The summed E-state index contributed by atoms with van der Waals surface area (Å²) in [6, 6.07) is 29.1. The molecule has 0 spiro atoms. The Kier molecular flexibility index (Phi) is 7.12. The van der Waals surface area contributed by atoms with E-state index in [9.17, 15) is 9.59 Å². The lowest BCUT2D eigenvalue weighted by Crippen LogP contribution is -2.35. The molecule has 3 rings (SSSR count). The predicted molar refractivity (Wildman–Crippen MR) is 124 cm³/mol. The van der Waals surface area contributed by atoms with E-state index < -0.39 is 7.26 Å².